The van der Waals surface area contributed by atoms with Crippen LogP contribution in [0.5, 0.6) is 5.75 Å². The van der Waals surface area contributed by atoms with Gasteiger partial charge in [-0.3, -0.25) is 4.79 Å². The molecule has 0 bridgehead atoms. The van der Waals surface area contributed by atoms with E-state index in [9.17, 15) is 19.1 Å². The first-order valence-corrected chi connectivity index (χ1v) is 9.70. The van der Waals surface area contributed by atoms with Gasteiger partial charge in [-0.15, -0.1) is 0 Å². The fourth-order valence-electron chi connectivity index (χ4n) is 3.06. The Kier molecular flexibility index (Phi) is 6.06. The Balaban J connectivity index is 2.01. The van der Waals surface area contributed by atoms with Gasteiger partial charge in [-0.2, -0.15) is 0 Å². The summed E-state index contributed by atoms with van der Waals surface area (Å²) >= 11 is 0. The molecule has 0 saturated carbocycles. The summed E-state index contributed by atoms with van der Waals surface area (Å²) in [5.74, 6) is -2.28. The molecular weight excluding hydrogens is 385 g/mol. The monoisotopic (exact) mass is 409 g/mol. The van der Waals surface area contributed by atoms with E-state index < -0.39 is 23.2 Å². The van der Waals surface area contributed by atoms with Crippen LogP contribution >= 0.6 is 0 Å². The van der Waals surface area contributed by atoms with Crippen molar-refractivity contribution >= 4 is 22.6 Å². The smallest absolute Gasteiger partial charge is 0.328 e. The third-order valence-corrected chi connectivity index (χ3v) is 4.96. The molecule has 0 spiro atoms. The number of carboxylic acids is 1. The molecule has 3 rings (SSSR count). The van der Waals surface area contributed by atoms with Crippen LogP contribution in [0.3, 0.4) is 0 Å². The molecular formula is C24H24FNO4. The van der Waals surface area contributed by atoms with Crippen LogP contribution in [0.25, 0.3) is 10.8 Å². The minimum Gasteiger partial charge on any atom is -0.487 e. The van der Waals surface area contributed by atoms with E-state index in [0.717, 1.165) is 18.1 Å². The highest BCUT2D eigenvalue weighted by Crippen LogP contribution is 2.33. The maximum atomic E-state index is 14.7. The lowest BCUT2D eigenvalue weighted by molar-refractivity contribution is -0.143. The van der Waals surface area contributed by atoms with Gasteiger partial charge in [0.25, 0.3) is 5.91 Å². The van der Waals surface area contributed by atoms with Crippen molar-refractivity contribution < 1.29 is 23.8 Å². The van der Waals surface area contributed by atoms with E-state index >= 15 is 0 Å². The Labute approximate surface area is 174 Å². The van der Waals surface area contributed by atoms with E-state index in [1.165, 1.54) is 19.4 Å². The third kappa shape index (κ3) is 4.43. The van der Waals surface area contributed by atoms with Crippen molar-refractivity contribution in [2.24, 2.45) is 0 Å². The summed E-state index contributed by atoms with van der Waals surface area (Å²) in [6.07, 6.45) is 0.924. The number of nitrogens with one attached hydrogen (secondary N) is 1. The molecule has 5 nitrogen and oxygen atoms in total. The number of ether oxygens (including phenoxy) is 1. The number of benzene rings is 3. The van der Waals surface area contributed by atoms with Crippen LogP contribution in [0.2, 0.25) is 0 Å². The number of aliphatic carboxylic acids is 1. The summed E-state index contributed by atoms with van der Waals surface area (Å²) < 4.78 is 20.7. The molecule has 1 amide bonds. The van der Waals surface area contributed by atoms with E-state index in [0.29, 0.717) is 10.8 Å². The molecule has 0 unspecified atom stereocenters. The molecule has 0 aromatic heterocycles. The van der Waals surface area contributed by atoms with Crippen LogP contribution < -0.4 is 10.1 Å². The molecule has 0 radical (unpaired) electrons. The van der Waals surface area contributed by atoms with Crippen molar-refractivity contribution in [1.82, 2.24) is 5.32 Å². The molecule has 0 heterocycles. The highest BCUT2D eigenvalue weighted by Gasteiger charge is 2.31. The maximum absolute atomic E-state index is 14.7. The molecule has 30 heavy (non-hydrogen) atoms. The number of fused-ring (bicyclic) bond motifs is 1. The first-order chi connectivity index (χ1) is 14.2. The van der Waals surface area contributed by atoms with E-state index in [2.05, 4.69) is 12.2 Å². The van der Waals surface area contributed by atoms with E-state index in [1.54, 1.807) is 24.3 Å². The quantitative estimate of drug-likeness (QED) is 0.592. The number of amides is 1. The van der Waals surface area contributed by atoms with Gasteiger partial charge in [0.05, 0.1) is 5.56 Å². The van der Waals surface area contributed by atoms with Crippen LogP contribution in [-0.4, -0.2) is 22.5 Å². The highest BCUT2D eigenvalue weighted by molar-refractivity contribution is 6.05. The number of aryl methyl sites for hydroxylation is 1. The second-order valence-corrected chi connectivity index (χ2v) is 7.62. The molecule has 6 heteroatoms. The minimum atomic E-state index is -1.52. The number of carbonyl (C=O) groups excluding carboxylic acids is 1. The molecule has 0 aliphatic carbocycles. The van der Waals surface area contributed by atoms with Gasteiger partial charge in [0.15, 0.2) is 0 Å². The summed E-state index contributed by atoms with van der Waals surface area (Å²) in [6, 6.07) is 15.7. The first kappa shape index (κ1) is 21.3. The first-order valence-electron chi connectivity index (χ1n) is 9.70. The Morgan fingerprint density at radius 2 is 1.63 bits per heavy atom. The lowest BCUT2D eigenvalue weighted by Gasteiger charge is -2.22. The summed E-state index contributed by atoms with van der Waals surface area (Å²) in [6.45, 7) is 4.97. The standard InChI is InChI=1S/C24H24FNO4/c1-4-15-9-11-16(12-10-15)14-30-21-18-8-6-5-7-17(18)20(25)13-19(21)22(27)26-24(2,3)23(28)29/h5-13H,4,14H2,1-3H3,(H,26,27)(H,28,29). The Hall–Kier alpha value is -3.41. The van der Waals surface area contributed by atoms with Gasteiger partial charge in [0.1, 0.15) is 23.7 Å². The minimum absolute atomic E-state index is 0.0503. The SMILES string of the molecule is CCc1ccc(COc2c(C(=O)NC(C)(C)C(=O)O)cc(F)c3ccccc23)cc1. The van der Waals surface area contributed by atoms with Gasteiger partial charge >= 0.3 is 5.97 Å². The molecule has 156 valence electrons. The zero-order chi connectivity index (χ0) is 21.9. The Morgan fingerprint density at radius 3 is 2.23 bits per heavy atom. The number of hydrogen-bond donors (Lipinski definition) is 2. The molecule has 2 N–H and O–H groups in total. The summed E-state index contributed by atoms with van der Waals surface area (Å²) in [7, 11) is 0. The molecule has 0 aliphatic heterocycles. The van der Waals surface area contributed by atoms with Crippen LogP contribution in [-0.2, 0) is 17.8 Å². The van der Waals surface area contributed by atoms with E-state index in [-0.39, 0.29) is 17.9 Å². The molecule has 0 saturated heterocycles. The van der Waals surface area contributed by atoms with Crippen molar-refractivity contribution in [3.05, 3.63) is 77.1 Å². The zero-order valence-electron chi connectivity index (χ0n) is 17.2. The number of hydrogen-bond acceptors (Lipinski definition) is 3. The maximum Gasteiger partial charge on any atom is 0.328 e. The molecule has 0 fully saturated rings. The van der Waals surface area contributed by atoms with Crippen LogP contribution in [0.1, 0.15) is 42.3 Å². The van der Waals surface area contributed by atoms with E-state index in [4.69, 9.17) is 4.74 Å². The largest absolute Gasteiger partial charge is 0.487 e. The molecule has 0 aliphatic rings. The van der Waals surface area contributed by atoms with Gasteiger partial charge in [-0.05, 0) is 37.5 Å². The average Bonchev–Trinajstić information content (AvgIpc) is 2.73. The zero-order valence-corrected chi connectivity index (χ0v) is 17.2. The van der Waals surface area contributed by atoms with Crippen molar-refractivity contribution in [1.29, 1.82) is 0 Å². The van der Waals surface area contributed by atoms with Crippen molar-refractivity contribution in [2.45, 2.75) is 39.3 Å². The Morgan fingerprint density at radius 1 is 1.03 bits per heavy atom. The lowest BCUT2D eigenvalue weighted by Crippen LogP contribution is -2.49. The molecule has 0 atom stereocenters. The molecule has 3 aromatic carbocycles. The van der Waals surface area contributed by atoms with Crippen molar-refractivity contribution in [2.75, 3.05) is 0 Å². The molecule has 3 aromatic rings. The predicted molar refractivity (Wildman–Crippen MR) is 113 cm³/mol. The third-order valence-electron chi connectivity index (χ3n) is 4.96. The second-order valence-electron chi connectivity index (χ2n) is 7.62. The number of carbonyl (C=O) groups is 2. The number of rotatable bonds is 7. The predicted octanol–water partition coefficient (Wildman–Crippen LogP) is 4.71. The van der Waals surface area contributed by atoms with E-state index in [1.807, 2.05) is 24.3 Å². The van der Waals surface area contributed by atoms with Gasteiger partial charge in [-0.25, -0.2) is 9.18 Å². The van der Waals surface area contributed by atoms with Gasteiger partial charge in [-0.1, -0.05) is 55.5 Å². The lowest BCUT2D eigenvalue weighted by atomic mass is 10.0. The van der Waals surface area contributed by atoms with Crippen LogP contribution in [0, 0.1) is 5.82 Å². The fraction of sp³-hybridized carbons (Fsp3) is 0.250. The van der Waals surface area contributed by atoms with Crippen molar-refractivity contribution in [3.8, 4) is 5.75 Å². The van der Waals surface area contributed by atoms with Gasteiger partial charge in [0, 0.05) is 10.8 Å². The van der Waals surface area contributed by atoms with Crippen LogP contribution in [0.4, 0.5) is 4.39 Å². The highest BCUT2D eigenvalue weighted by atomic mass is 19.1. The second kappa shape index (κ2) is 8.53. The van der Waals surface area contributed by atoms with Crippen molar-refractivity contribution in [3.63, 3.8) is 0 Å². The summed E-state index contributed by atoms with van der Waals surface area (Å²) in [5.41, 5.74) is 0.525. The number of carboxylic acid groups (broad SMARTS) is 1. The topological polar surface area (TPSA) is 75.6 Å². The van der Waals surface area contributed by atoms with Gasteiger partial charge in [0.2, 0.25) is 0 Å². The van der Waals surface area contributed by atoms with Gasteiger partial charge < -0.3 is 15.2 Å². The summed E-state index contributed by atoms with van der Waals surface area (Å²) in [4.78, 5) is 24.3. The Bertz CT molecular complexity index is 1090. The summed E-state index contributed by atoms with van der Waals surface area (Å²) in [5, 5.41) is 12.5. The fourth-order valence-corrected chi connectivity index (χ4v) is 3.06. The normalized spacial score (nSPS) is 11.3. The number of halogens is 1. The average molecular weight is 409 g/mol. The van der Waals surface area contributed by atoms with Crippen LogP contribution in [0.15, 0.2) is 54.6 Å².